The summed E-state index contributed by atoms with van der Waals surface area (Å²) in [6.07, 6.45) is 4.93. The van der Waals surface area contributed by atoms with Gasteiger partial charge in [-0.3, -0.25) is 0 Å². The normalized spacial score (nSPS) is 23.1. The maximum absolute atomic E-state index is 12.6. The van der Waals surface area contributed by atoms with Crippen molar-refractivity contribution < 1.29 is 8.42 Å². The molecule has 1 aromatic carbocycles. The molecule has 1 fully saturated rings. The molecule has 0 saturated heterocycles. The lowest BCUT2D eigenvalue weighted by molar-refractivity contribution is 0.552. The Morgan fingerprint density at radius 1 is 1.25 bits per heavy atom. The molecule has 20 heavy (non-hydrogen) atoms. The second-order valence-corrected chi connectivity index (χ2v) is 8.22. The molecule has 2 unspecified atom stereocenters. The molecule has 0 radical (unpaired) electrons. The van der Waals surface area contributed by atoms with E-state index in [1.54, 1.807) is 13.0 Å². The van der Waals surface area contributed by atoms with E-state index >= 15 is 0 Å². The van der Waals surface area contributed by atoms with E-state index in [1.807, 2.05) is 24.8 Å². The van der Waals surface area contributed by atoms with Gasteiger partial charge in [0.2, 0.25) is 10.0 Å². The first-order chi connectivity index (χ1) is 9.35. The van der Waals surface area contributed by atoms with Crippen molar-refractivity contribution in [3.63, 3.8) is 0 Å². The summed E-state index contributed by atoms with van der Waals surface area (Å²) in [5.41, 5.74) is 7.82. The Bertz CT molecular complexity index is 599. The van der Waals surface area contributed by atoms with Gasteiger partial charge in [-0.2, -0.15) is 11.8 Å². The molecule has 1 aromatic rings. The Labute approximate surface area is 125 Å². The van der Waals surface area contributed by atoms with Crippen molar-refractivity contribution in [1.82, 2.24) is 4.72 Å². The minimum absolute atomic E-state index is 0.0248. The first-order valence-corrected chi connectivity index (χ1v) is 9.53. The predicted octanol–water partition coefficient (Wildman–Crippen LogP) is 2.45. The minimum Gasteiger partial charge on any atom is -0.397 e. The van der Waals surface area contributed by atoms with E-state index < -0.39 is 10.0 Å². The third-order valence-electron chi connectivity index (χ3n) is 3.92. The summed E-state index contributed by atoms with van der Waals surface area (Å²) in [5.74, 6) is 0. The largest absolute Gasteiger partial charge is 0.397 e. The van der Waals surface area contributed by atoms with Gasteiger partial charge in [0.25, 0.3) is 0 Å². The van der Waals surface area contributed by atoms with Gasteiger partial charge < -0.3 is 5.73 Å². The fourth-order valence-electron chi connectivity index (χ4n) is 2.70. The molecule has 3 N–H and O–H groups in total. The summed E-state index contributed by atoms with van der Waals surface area (Å²) < 4.78 is 28.0. The molecule has 1 saturated carbocycles. The quantitative estimate of drug-likeness (QED) is 0.837. The van der Waals surface area contributed by atoms with Gasteiger partial charge >= 0.3 is 0 Å². The van der Waals surface area contributed by atoms with Gasteiger partial charge in [0.1, 0.15) is 4.90 Å². The molecule has 0 aromatic heterocycles. The highest BCUT2D eigenvalue weighted by Gasteiger charge is 2.30. The van der Waals surface area contributed by atoms with E-state index in [4.69, 9.17) is 5.73 Å². The fourth-order valence-corrected chi connectivity index (χ4v) is 5.21. The molecule has 112 valence electrons. The van der Waals surface area contributed by atoms with Crippen molar-refractivity contribution in [2.24, 2.45) is 0 Å². The van der Waals surface area contributed by atoms with E-state index in [-0.39, 0.29) is 10.9 Å². The number of nitrogen functional groups attached to an aromatic ring is 1. The van der Waals surface area contributed by atoms with E-state index in [9.17, 15) is 8.42 Å². The predicted molar refractivity (Wildman–Crippen MR) is 85.6 cm³/mol. The molecule has 0 amide bonds. The van der Waals surface area contributed by atoms with Crippen LogP contribution in [0.4, 0.5) is 5.69 Å². The topological polar surface area (TPSA) is 72.2 Å². The Morgan fingerprint density at radius 3 is 2.50 bits per heavy atom. The zero-order valence-electron chi connectivity index (χ0n) is 12.1. The Balaban J connectivity index is 2.26. The zero-order chi connectivity index (χ0) is 14.9. The second-order valence-electron chi connectivity index (χ2n) is 5.43. The van der Waals surface area contributed by atoms with Crippen molar-refractivity contribution in [3.8, 4) is 0 Å². The van der Waals surface area contributed by atoms with Crippen LogP contribution in [-0.4, -0.2) is 26.0 Å². The first kappa shape index (κ1) is 15.7. The summed E-state index contributed by atoms with van der Waals surface area (Å²) in [7, 11) is -3.54. The van der Waals surface area contributed by atoms with E-state index in [2.05, 4.69) is 11.0 Å². The minimum atomic E-state index is -3.54. The summed E-state index contributed by atoms with van der Waals surface area (Å²) in [6, 6.07) is 3.68. The first-order valence-electron chi connectivity index (χ1n) is 6.76. The highest BCUT2D eigenvalue weighted by molar-refractivity contribution is 7.99. The molecule has 1 aliphatic carbocycles. The maximum Gasteiger partial charge on any atom is 0.243 e. The molecule has 0 aliphatic heterocycles. The van der Waals surface area contributed by atoms with Crippen molar-refractivity contribution in [1.29, 1.82) is 0 Å². The van der Waals surface area contributed by atoms with Crippen molar-refractivity contribution in [2.75, 3.05) is 12.0 Å². The van der Waals surface area contributed by atoms with Crippen LogP contribution in [0.3, 0.4) is 0 Å². The van der Waals surface area contributed by atoms with Crippen molar-refractivity contribution in [2.45, 2.75) is 49.3 Å². The lowest BCUT2D eigenvalue weighted by atomic mass is 10.1. The molecule has 1 aliphatic rings. The van der Waals surface area contributed by atoms with Crippen molar-refractivity contribution >= 4 is 27.5 Å². The second kappa shape index (κ2) is 5.95. The zero-order valence-corrected chi connectivity index (χ0v) is 13.8. The third kappa shape index (κ3) is 3.13. The Morgan fingerprint density at radius 2 is 1.90 bits per heavy atom. The Kier molecular flexibility index (Phi) is 4.66. The molecule has 2 atom stereocenters. The lowest BCUT2D eigenvalue weighted by Crippen LogP contribution is -2.34. The number of benzene rings is 1. The van der Waals surface area contributed by atoms with Gasteiger partial charge in [-0.15, -0.1) is 0 Å². The van der Waals surface area contributed by atoms with Gasteiger partial charge in [0.15, 0.2) is 0 Å². The van der Waals surface area contributed by atoms with Crippen LogP contribution in [0.15, 0.2) is 17.0 Å². The number of aryl methyl sites for hydroxylation is 2. The van der Waals surface area contributed by atoms with Crippen LogP contribution in [0.5, 0.6) is 0 Å². The number of sulfonamides is 1. The monoisotopic (exact) mass is 314 g/mol. The van der Waals surface area contributed by atoms with Gasteiger partial charge in [0, 0.05) is 11.3 Å². The number of thioether (sulfide) groups is 1. The highest BCUT2D eigenvalue weighted by atomic mass is 32.2. The SMILES string of the molecule is CSC1CCC(NS(=O)(=O)c2c(C)ccc(C)c2N)C1. The molecule has 0 bridgehead atoms. The summed E-state index contributed by atoms with van der Waals surface area (Å²) >= 11 is 1.81. The fraction of sp³-hybridized carbons (Fsp3) is 0.571. The number of rotatable bonds is 4. The third-order valence-corrected chi connectivity index (χ3v) is 6.74. The maximum atomic E-state index is 12.6. The summed E-state index contributed by atoms with van der Waals surface area (Å²) in [5, 5.41) is 0.554. The van der Waals surface area contributed by atoms with Gasteiger partial charge in [-0.05, 0) is 50.5 Å². The molecule has 0 spiro atoms. The van der Waals surface area contributed by atoms with E-state index in [0.717, 1.165) is 24.8 Å². The highest BCUT2D eigenvalue weighted by Crippen LogP contribution is 2.31. The number of nitrogens with one attached hydrogen (secondary N) is 1. The average molecular weight is 314 g/mol. The number of hydrogen-bond acceptors (Lipinski definition) is 4. The summed E-state index contributed by atoms with van der Waals surface area (Å²) in [4.78, 5) is 0.241. The van der Waals surface area contributed by atoms with Crippen LogP contribution in [0, 0.1) is 13.8 Å². The van der Waals surface area contributed by atoms with Crippen molar-refractivity contribution in [3.05, 3.63) is 23.3 Å². The van der Waals surface area contributed by atoms with Crippen LogP contribution in [0.25, 0.3) is 0 Å². The smallest absolute Gasteiger partial charge is 0.243 e. The van der Waals surface area contributed by atoms with Crippen LogP contribution in [-0.2, 0) is 10.0 Å². The van der Waals surface area contributed by atoms with Gasteiger partial charge in [-0.25, -0.2) is 13.1 Å². The molecule has 2 rings (SSSR count). The van der Waals surface area contributed by atoms with Crippen LogP contribution >= 0.6 is 11.8 Å². The van der Waals surface area contributed by atoms with Gasteiger partial charge in [-0.1, -0.05) is 12.1 Å². The molecule has 0 heterocycles. The molecule has 6 heteroatoms. The lowest BCUT2D eigenvalue weighted by Gasteiger charge is -2.17. The summed E-state index contributed by atoms with van der Waals surface area (Å²) in [6.45, 7) is 3.61. The molecular formula is C14H22N2O2S2. The number of anilines is 1. The average Bonchev–Trinajstić information content (AvgIpc) is 2.81. The van der Waals surface area contributed by atoms with Crippen LogP contribution in [0.1, 0.15) is 30.4 Å². The van der Waals surface area contributed by atoms with Gasteiger partial charge in [0.05, 0.1) is 5.69 Å². The molecular weight excluding hydrogens is 292 g/mol. The van der Waals surface area contributed by atoms with E-state index in [0.29, 0.717) is 16.5 Å². The number of hydrogen-bond donors (Lipinski definition) is 2. The Hall–Kier alpha value is -0.720. The number of nitrogens with two attached hydrogens (primary N) is 1. The standard InChI is InChI=1S/C14H22N2O2S2/c1-9-4-5-10(2)14(13(9)15)20(17,18)16-11-6-7-12(8-11)19-3/h4-5,11-12,16H,6-8,15H2,1-3H3. The van der Waals surface area contributed by atoms with Crippen LogP contribution < -0.4 is 10.5 Å². The van der Waals surface area contributed by atoms with Crippen LogP contribution in [0.2, 0.25) is 0 Å². The van der Waals surface area contributed by atoms with E-state index in [1.165, 1.54) is 0 Å². The molecule has 4 nitrogen and oxygen atoms in total.